The Bertz CT molecular complexity index is 2320. The van der Waals surface area contributed by atoms with Crippen LogP contribution in [0.1, 0.15) is 22.3 Å². The maximum atomic E-state index is 5.53. The molecule has 7 aromatic rings. The monoisotopic (exact) mass is 680 g/mol. The van der Waals surface area contributed by atoms with Gasteiger partial charge in [0, 0.05) is 33.9 Å². The summed E-state index contributed by atoms with van der Waals surface area (Å²) in [5.41, 5.74) is 10.4. The second-order valence-corrected chi connectivity index (χ2v) is 12.5. The fraction of sp³-hybridized carbons (Fsp3) is 0.106. The number of anilines is 6. The average Bonchev–Trinajstić information content (AvgIpc) is 3.20. The summed E-state index contributed by atoms with van der Waals surface area (Å²) >= 11 is 0. The second kappa shape index (κ2) is 15.1. The van der Waals surface area contributed by atoms with Gasteiger partial charge in [0.05, 0.1) is 32.7 Å². The summed E-state index contributed by atoms with van der Waals surface area (Å²) in [5, 5.41) is 2.34. The van der Waals surface area contributed by atoms with Gasteiger partial charge in [0.1, 0.15) is 17.2 Å². The van der Waals surface area contributed by atoms with E-state index in [1.165, 1.54) is 5.39 Å². The fourth-order valence-electron chi connectivity index (χ4n) is 6.53. The molecule has 0 aliphatic rings. The first-order chi connectivity index (χ1) is 25.4. The van der Waals surface area contributed by atoms with Gasteiger partial charge in [-0.05, 0) is 145 Å². The quantitative estimate of drug-likeness (QED) is 0.142. The van der Waals surface area contributed by atoms with E-state index >= 15 is 0 Å². The maximum Gasteiger partial charge on any atom is 0.119 e. The molecule has 0 amide bonds. The average molecular weight is 681 g/mol. The van der Waals surface area contributed by atoms with E-state index in [4.69, 9.17) is 14.2 Å². The van der Waals surface area contributed by atoms with E-state index in [1.54, 1.807) is 21.3 Å². The summed E-state index contributed by atoms with van der Waals surface area (Å²) in [7, 11) is 5.06. The number of benzene rings is 7. The fourth-order valence-corrected chi connectivity index (χ4v) is 6.53. The van der Waals surface area contributed by atoms with Crippen LogP contribution in [-0.4, -0.2) is 21.3 Å². The van der Waals surface area contributed by atoms with E-state index in [0.717, 1.165) is 79.0 Å². The Balaban J connectivity index is 1.34. The molecule has 0 aliphatic carbocycles. The minimum Gasteiger partial charge on any atom is -0.497 e. The predicted molar refractivity (Wildman–Crippen MR) is 215 cm³/mol. The van der Waals surface area contributed by atoms with E-state index in [9.17, 15) is 0 Å². The van der Waals surface area contributed by atoms with Crippen LogP contribution in [0.15, 0.2) is 152 Å². The molecule has 7 aromatic carbocycles. The Morgan fingerprint density at radius 2 is 0.846 bits per heavy atom. The largest absolute Gasteiger partial charge is 0.497 e. The molecule has 0 unspecified atom stereocenters. The van der Waals surface area contributed by atoms with E-state index < -0.39 is 0 Å². The lowest BCUT2D eigenvalue weighted by Crippen LogP contribution is -2.15. The van der Waals surface area contributed by atoms with E-state index in [2.05, 4.69) is 151 Å². The number of fused-ring (bicyclic) bond motifs is 1. The summed E-state index contributed by atoms with van der Waals surface area (Å²) in [6.07, 6.45) is 0. The van der Waals surface area contributed by atoms with Gasteiger partial charge in [0.15, 0.2) is 0 Å². The molecule has 0 atom stereocenters. The van der Waals surface area contributed by atoms with Crippen molar-refractivity contribution < 1.29 is 14.2 Å². The van der Waals surface area contributed by atoms with Crippen LogP contribution >= 0.6 is 0 Å². The minimum atomic E-state index is 0.800. The lowest BCUT2D eigenvalue weighted by atomic mass is 10.0. The van der Waals surface area contributed by atoms with Crippen molar-refractivity contribution in [1.29, 1.82) is 0 Å². The highest BCUT2D eigenvalue weighted by atomic mass is 16.5. The first-order valence-corrected chi connectivity index (χ1v) is 17.2. The van der Waals surface area contributed by atoms with Gasteiger partial charge in [-0.2, -0.15) is 0 Å². The molecule has 7 rings (SSSR count). The van der Waals surface area contributed by atoms with Crippen molar-refractivity contribution in [3.05, 3.63) is 174 Å². The molecule has 0 fully saturated rings. The SMILES string of the molecule is COc1ccc(N(c2ccc(C#Cc3cccc4ccccc34)cc2)c2cc(N(c3ccc(OC)cc3)c3ccc(OC)cc3)c(C)cc2C)cc1. The van der Waals surface area contributed by atoms with Crippen molar-refractivity contribution in [2.45, 2.75) is 13.8 Å². The molecule has 0 aromatic heterocycles. The molecule has 0 saturated carbocycles. The summed E-state index contributed by atoms with van der Waals surface area (Å²) in [6.45, 7) is 4.32. The molecular formula is C47H40N2O3. The zero-order valence-corrected chi connectivity index (χ0v) is 30.1. The van der Waals surface area contributed by atoms with Crippen LogP contribution in [0, 0.1) is 25.7 Å². The van der Waals surface area contributed by atoms with Crippen LogP contribution < -0.4 is 24.0 Å². The van der Waals surface area contributed by atoms with Gasteiger partial charge in [0.25, 0.3) is 0 Å². The molecular weight excluding hydrogens is 641 g/mol. The molecule has 0 bridgehead atoms. The first-order valence-electron chi connectivity index (χ1n) is 17.2. The Labute approximate surface area is 306 Å². The van der Waals surface area contributed by atoms with Gasteiger partial charge in [0.2, 0.25) is 0 Å². The Morgan fingerprint density at radius 1 is 0.423 bits per heavy atom. The minimum absolute atomic E-state index is 0.800. The molecule has 0 spiro atoms. The molecule has 0 heterocycles. The molecule has 0 aliphatic heterocycles. The summed E-state index contributed by atoms with van der Waals surface area (Å²) in [4.78, 5) is 4.56. The van der Waals surface area contributed by atoms with Crippen LogP contribution in [0.3, 0.4) is 0 Å². The highest BCUT2D eigenvalue weighted by Gasteiger charge is 2.21. The van der Waals surface area contributed by atoms with Crippen LogP contribution in [0.5, 0.6) is 17.2 Å². The Hall–Kier alpha value is -6.64. The number of hydrogen-bond donors (Lipinski definition) is 0. The summed E-state index contributed by atoms with van der Waals surface area (Å²) < 4.78 is 16.5. The number of nitrogens with zero attached hydrogens (tertiary/aromatic N) is 2. The van der Waals surface area contributed by atoms with Gasteiger partial charge in [-0.1, -0.05) is 54.3 Å². The first kappa shape index (κ1) is 33.8. The molecule has 52 heavy (non-hydrogen) atoms. The van der Waals surface area contributed by atoms with E-state index in [-0.39, 0.29) is 0 Å². The number of ether oxygens (including phenoxy) is 3. The standard InChI is InChI=1S/C47H40N2O3/c1-33-31-34(2)47(49(40-21-27-43(51-4)28-22-40)41-23-29-44(52-5)30-24-41)32-46(33)48(39-19-25-42(50-3)26-20-39)38-17-14-35(15-18-38)13-16-37-11-8-10-36-9-6-7-12-45(36)37/h6-12,14-15,17-32H,1-5H3. The number of rotatable bonds is 9. The molecule has 0 N–H and O–H groups in total. The Kier molecular flexibility index (Phi) is 9.82. The van der Waals surface area contributed by atoms with Crippen molar-refractivity contribution in [3.63, 3.8) is 0 Å². The molecule has 5 nitrogen and oxygen atoms in total. The number of aryl methyl sites for hydroxylation is 2. The third-order valence-corrected chi connectivity index (χ3v) is 9.24. The number of methoxy groups -OCH3 is 3. The van der Waals surface area contributed by atoms with Crippen LogP contribution in [0.2, 0.25) is 0 Å². The van der Waals surface area contributed by atoms with Gasteiger partial charge < -0.3 is 24.0 Å². The second-order valence-electron chi connectivity index (χ2n) is 12.5. The molecule has 256 valence electrons. The lowest BCUT2D eigenvalue weighted by molar-refractivity contribution is 0.414. The van der Waals surface area contributed by atoms with Gasteiger partial charge in [-0.25, -0.2) is 0 Å². The van der Waals surface area contributed by atoms with E-state index in [0.29, 0.717) is 0 Å². The Morgan fingerprint density at radius 3 is 1.31 bits per heavy atom. The topological polar surface area (TPSA) is 34.2 Å². The molecule has 5 heteroatoms. The predicted octanol–water partition coefficient (Wildman–Crippen LogP) is 11.8. The molecule has 0 radical (unpaired) electrons. The van der Waals surface area contributed by atoms with Crippen molar-refractivity contribution >= 4 is 44.9 Å². The lowest BCUT2D eigenvalue weighted by Gasteiger charge is -2.32. The normalized spacial score (nSPS) is 10.6. The molecule has 0 saturated heterocycles. The van der Waals surface area contributed by atoms with E-state index in [1.807, 2.05) is 36.4 Å². The zero-order chi connectivity index (χ0) is 36.0. The van der Waals surface area contributed by atoms with Crippen molar-refractivity contribution in [2.75, 3.05) is 31.1 Å². The zero-order valence-electron chi connectivity index (χ0n) is 30.1. The smallest absolute Gasteiger partial charge is 0.119 e. The highest BCUT2D eigenvalue weighted by molar-refractivity contribution is 5.89. The summed E-state index contributed by atoms with van der Waals surface area (Å²) in [6, 6.07) is 52.1. The van der Waals surface area contributed by atoms with Crippen LogP contribution in [0.4, 0.5) is 34.1 Å². The third-order valence-electron chi connectivity index (χ3n) is 9.24. The van der Waals surface area contributed by atoms with Crippen LogP contribution in [-0.2, 0) is 0 Å². The maximum absolute atomic E-state index is 5.53. The third kappa shape index (κ3) is 7.01. The van der Waals surface area contributed by atoms with Gasteiger partial charge >= 0.3 is 0 Å². The highest BCUT2D eigenvalue weighted by Crippen LogP contribution is 2.44. The van der Waals surface area contributed by atoms with Crippen molar-refractivity contribution in [1.82, 2.24) is 0 Å². The summed E-state index contributed by atoms with van der Waals surface area (Å²) in [5.74, 6) is 9.21. The number of hydrogen-bond acceptors (Lipinski definition) is 5. The van der Waals surface area contributed by atoms with Gasteiger partial charge in [-0.15, -0.1) is 0 Å². The van der Waals surface area contributed by atoms with Crippen molar-refractivity contribution in [2.24, 2.45) is 0 Å². The van der Waals surface area contributed by atoms with Crippen molar-refractivity contribution in [3.8, 4) is 29.1 Å². The van der Waals surface area contributed by atoms with Gasteiger partial charge in [-0.3, -0.25) is 0 Å². The van der Waals surface area contributed by atoms with Crippen LogP contribution in [0.25, 0.3) is 10.8 Å².